The quantitative estimate of drug-likeness (QED) is 0.821. The molecule has 92 valence electrons. The van der Waals surface area contributed by atoms with Crippen molar-refractivity contribution in [3.05, 3.63) is 9.47 Å². The molecule has 0 radical (unpaired) electrons. The highest BCUT2D eigenvalue weighted by molar-refractivity contribution is 9.28. The maximum atomic E-state index is 11.9. The van der Waals surface area contributed by atoms with Gasteiger partial charge in [-0.1, -0.05) is 33.8 Å². The summed E-state index contributed by atoms with van der Waals surface area (Å²) in [4.78, 5) is 11.9. The first-order valence-electron chi connectivity index (χ1n) is 5.57. The van der Waals surface area contributed by atoms with E-state index in [1.807, 2.05) is 0 Å². The lowest BCUT2D eigenvalue weighted by molar-refractivity contribution is -0.123. The van der Waals surface area contributed by atoms with E-state index >= 15 is 0 Å². The number of carbonyl (C=O) groups excluding carboxylic acids is 1. The van der Waals surface area contributed by atoms with Crippen LogP contribution in [0.3, 0.4) is 0 Å². The minimum Gasteiger partial charge on any atom is -0.356 e. The van der Waals surface area contributed by atoms with Gasteiger partial charge in [0.05, 0.1) is 9.31 Å². The van der Waals surface area contributed by atoms with E-state index in [2.05, 4.69) is 70.9 Å². The van der Waals surface area contributed by atoms with Crippen LogP contribution in [-0.2, 0) is 4.79 Å². The monoisotopic (exact) mass is 351 g/mol. The van der Waals surface area contributed by atoms with Crippen molar-refractivity contribution in [3.63, 3.8) is 0 Å². The molecule has 0 heterocycles. The number of carbonyl (C=O) groups is 1. The Hall–Kier alpha value is 0.170. The largest absolute Gasteiger partial charge is 0.356 e. The predicted molar refractivity (Wildman–Crippen MR) is 74.5 cm³/mol. The fourth-order valence-electron chi connectivity index (χ4n) is 2.04. The zero-order chi connectivity index (χ0) is 12.5. The third-order valence-electron chi connectivity index (χ3n) is 3.18. The van der Waals surface area contributed by atoms with Crippen molar-refractivity contribution in [2.45, 2.75) is 27.7 Å². The molecule has 1 rings (SSSR count). The van der Waals surface area contributed by atoms with Crippen molar-refractivity contribution in [2.75, 3.05) is 6.54 Å². The Kier molecular flexibility index (Phi) is 4.64. The molecule has 1 saturated carbocycles. The van der Waals surface area contributed by atoms with E-state index in [4.69, 9.17) is 0 Å². The van der Waals surface area contributed by atoms with E-state index in [-0.39, 0.29) is 17.2 Å². The highest BCUT2D eigenvalue weighted by Gasteiger charge is 2.60. The molecule has 2 atom stereocenters. The van der Waals surface area contributed by atoms with Gasteiger partial charge >= 0.3 is 0 Å². The topological polar surface area (TPSA) is 29.1 Å². The lowest BCUT2D eigenvalue weighted by Crippen LogP contribution is -2.30. The van der Waals surface area contributed by atoms with Crippen LogP contribution in [0.15, 0.2) is 9.47 Å². The van der Waals surface area contributed by atoms with Gasteiger partial charge in [0.2, 0.25) is 5.91 Å². The summed E-state index contributed by atoms with van der Waals surface area (Å²) in [5.74, 6) is 1.12. The molecule has 2 nitrogen and oxygen atoms in total. The molecule has 0 unspecified atom stereocenters. The lowest BCUT2D eigenvalue weighted by atomic mass is 10.1. The van der Waals surface area contributed by atoms with Crippen LogP contribution in [-0.4, -0.2) is 12.5 Å². The highest BCUT2D eigenvalue weighted by Crippen LogP contribution is 2.59. The molecule has 1 aliphatic rings. The number of amides is 1. The molecule has 1 aliphatic carbocycles. The van der Waals surface area contributed by atoms with Crippen LogP contribution in [0.25, 0.3) is 0 Å². The molecule has 0 aliphatic heterocycles. The molecule has 0 aromatic carbocycles. The van der Waals surface area contributed by atoms with Gasteiger partial charge in [-0.25, -0.2) is 0 Å². The van der Waals surface area contributed by atoms with Crippen LogP contribution < -0.4 is 5.32 Å². The van der Waals surface area contributed by atoms with Crippen molar-refractivity contribution in [1.82, 2.24) is 5.32 Å². The smallest absolute Gasteiger partial charge is 0.224 e. The SMILES string of the molecule is CC(C)CNC(=O)[C@@H]1[C@H](C=C(Br)Br)C1(C)C. The summed E-state index contributed by atoms with van der Waals surface area (Å²) in [7, 11) is 0. The van der Waals surface area contributed by atoms with Crippen LogP contribution in [0.4, 0.5) is 0 Å². The molecular weight excluding hydrogens is 334 g/mol. The molecule has 16 heavy (non-hydrogen) atoms. The minimum atomic E-state index is 0.0772. The normalized spacial score (nSPS) is 26.4. The standard InChI is InChI=1S/C12H19Br2NO/c1-7(2)6-15-11(16)10-8(5-9(13)14)12(10,3)4/h5,7-8,10H,6H2,1-4H3,(H,15,16)/t8-,10-/m0/s1. The summed E-state index contributed by atoms with van der Waals surface area (Å²) in [6.07, 6.45) is 2.07. The van der Waals surface area contributed by atoms with E-state index < -0.39 is 0 Å². The first kappa shape index (κ1) is 14.2. The zero-order valence-electron chi connectivity index (χ0n) is 10.2. The number of nitrogens with one attached hydrogen (secondary N) is 1. The number of rotatable bonds is 4. The van der Waals surface area contributed by atoms with Gasteiger partial charge in [-0.15, -0.1) is 0 Å². The van der Waals surface area contributed by atoms with Gasteiger partial charge in [0, 0.05) is 6.54 Å². The van der Waals surface area contributed by atoms with E-state index in [0.29, 0.717) is 11.8 Å². The van der Waals surface area contributed by atoms with Crippen molar-refractivity contribution in [3.8, 4) is 0 Å². The average Bonchev–Trinajstić information content (AvgIpc) is 2.63. The summed E-state index contributed by atoms with van der Waals surface area (Å²) in [6.45, 7) is 9.24. The van der Waals surface area contributed by atoms with Gasteiger partial charge in [-0.2, -0.15) is 0 Å². The van der Waals surface area contributed by atoms with Crippen molar-refractivity contribution < 1.29 is 4.79 Å². The molecule has 1 N–H and O–H groups in total. The summed E-state index contributed by atoms with van der Waals surface area (Å²) >= 11 is 6.70. The van der Waals surface area contributed by atoms with E-state index in [9.17, 15) is 4.79 Å². The Balaban J connectivity index is 2.56. The van der Waals surface area contributed by atoms with Crippen LogP contribution in [0, 0.1) is 23.2 Å². The Morgan fingerprint density at radius 3 is 2.44 bits per heavy atom. The third kappa shape index (κ3) is 3.33. The maximum absolute atomic E-state index is 11.9. The van der Waals surface area contributed by atoms with Crippen LogP contribution in [0.1, 0.15) is 27.7 Å². The second-order valence-corrected chi connectivity index (χ2v) is 8.19. The second kappa shape index (κ2) is 5.21. The summed E-state index contributed by atoms with van der Waals surface area (Å²) in [5.41, 5.74) is 0.0772. The zero-order valence-corrected chi connectivity index (χ0v) is 13.4. The number of hydrogen-bond donors (Lipinski definition) is 1. The van der Waals surface area contributed by atoms with Crippen LogP contribution >= 0.6 is 31.9 Å². The maximum Gasteiger partial charge on any atom is 0.224 e. The molecule has 1 amide bonds. The predicted octanol–water partition coefficient (Wildman–Crippen LogP) is 3.66. The Bertz CT molecular complexity index is 306. The van der Waals surface area contributed by atoms with Gasteiger partial charge in [0.25, 0.3) is 0 Å². The lowest BCUT2D eigenvalue weighted by Gasteiger charge is -2.08. The van der Waals surface area contributed by atoms with E-state index in [1.165, 1.54) is 0 Å². The Morgan fingerprint density at radius 2 is 2.00 bits per heavy atom. The van der Waals surface area contributed by atoms with Gasteiger partial charge in [-0.3, -0.25) is 4.79 Å². The van der Waals surface area contributed by atoms with Crippen LogP contribution in [0.5, 0.6) is 0 Å². The molecule has 0 spiro atoms. The fourth-order valence-corrected chi connectivity index (χ4v) is 2.61. The van der Waals surface area contributed by atoms with Crippen molar-refractivity contribution in [2.24, 2.45) is 23.2 Å². The third-order valence-corrected chi connectivity index (χ3v) is 3.71. The first-order chi connectivity index (χ1) is 7.26. The Morgan fingerprint density at radius 1 is 1.44 bits per heavy atom. The van der Waals surface area contributed by atoms with Gasteiger partial charge in [0.15, 0.2) is 0 Å². The van der Waals surface area contributed by atoms with E-state index in [0.717, 1.165) is 9.94 Å². The molecule has 0 aromatic rings. The molecule has 0 bridgehead atoms. The van der Waals surface area contributed by atoms with Gasteiger partial charge in [0.1, 0.15) is 0 Å². The van der Waals surface area contributed by atoms with Gasteiger partial charge in [-0.05, 0) is 49.1 Å². The number of halogens is 2. The molecule has 0 aromatic heterocycles. The highest BCUT2D eigenvalue weighted by atomic mass is 79.9. The number of hydrogen-bond acceptors (Lipinski definition) is 1. The molecule has 1 fully saturated rings. The molecular formula is C12H19Br2NO. The summed E-state index contributed by atoms with van der Waals surface area (Å²) in [5, 5.41) is 3.00. The van der Waals surface area contributed by atoms with Crippen molar-refractivity contribution >= 4 is 37.8 Å². The first-order valence-corrected chi connectivity index (χ1v) is 7.16. The summed E-state index contributed by atoms with van der Waals surface area (Å²) in [6, 6.07) is 0. The van der Waals surface area contributed by atoms with E-state index in [1.54, 1.807) is 0 Å². The second-order valence-electron chi connectivity index (χ2n) is 5.42. The molecule has 4 heteroatoms. The van der Waals surface area contributed by atoms with Gasteiger partial charge < -0.3 is 5.32 Å². The van der Waals surface area contributed by atoms with Crippen molar-refractivity contribution in [1.29, 1.82) is 0 Å². The molecule has 0 saturated heterocycles. The minimum absolute atomic E-state index is 0.0772. The fraction of sp³-hybridized carbons (Fsp3) is 0.750. The average molecular weight is 353 g/mol. The van der Waals surface area contributed by atoms with Crippen LogP contribution in [0.2, 0.25) is 0 Å². The summed E-state index contributed by atoms with van der Waals surface area (Å²) < 4.78 is 0.928. The number of allylic oxidation sites excluding steroid dienone is 1. The Labute approximate surface area is 115 Å².